The first-order valence-corrected chi connectivity index (χ1v) is 7.46. The number of amides is 2. The summed E-state index contributed by atoms with van der Waals surface area (Å²) >= 11 is 1.26. The van der Waals surface area contributed by atoms with Gasteiger partial charge in [0.25, 0.3) is 5.91 Å². The highest BCUT2D eigenvalue weighted by atomic mass is 32.1. The van der Waals surface area contributed by atoms with Crippen LogP contribution >= 0.6 is 11.3 Å². The van der Waals surface area contributed by atoms with Gasteiger partial charge in [0.05, 0.1) is 18.7 Å². The van der Waals surface area contributed by atoms with Crippen molar-refractivity contribution in [2.24, 2.45) is 5.73 Å². The highest BCUT2D eigenvalue weighted by molar-refractivity contribution is 7.14. The largest absolute Gasteiger partial charge is 0.395 e. The van der Waals surface area contributed by atoms with Crippen LogP contribution in [0.15, 0.2) is 11.4 Å². The Bertz CT molecular complexity index is 448. The molecule has 0 aliphatic carbocycles. The molecule has 112 valence electrons. The number of thiophene rings is 1. The molecular weight excluding hydrogens is 278 g/mol. The average molecular weight is 299 g/mol. The van der Waals surface area contributed by atoms with Gasteiger partial charge in [0.2, 0.25) is 5.91 Å². The highest BCUT2D eigenvalue weighted by Gasteiger charge is 2.14. The van der Waals surface area contributed by atoms with Gasteiger partial charge in [-0.1, -0.05) is 13.3 Å². The predicted octanol–water partition coefficient (Wildman–Crippen LogP) is 0.880. The van der Waals surface area contributed by atoms with Crippen LogP contribution in [0.3, 0.4) is 0 Å². The summed E-state index contributed by atoms with van der Waals surface area (Å²) in [6, 6.07) is 1.59. The predicted molar refractivity (Wildman–Crippen MR) is 79.9 cm³/mol. The number of hydrogen-bond donors (Lipinski definition) is 3. The van der Waals surface area contributed by atoms with Crippen LogP contribution in [-0.4, -0.2) is 48.1 Å². The Balaban J connectivity index is 2.56. The molecule has 0 saturated carbocycles. The summed E-state index contributed by atoms with van der Waals surface area (Å²) in [6.07, 6.45) is 2.00. The summed E-state index contributed by atoms with van der Waals surface area (Å²) in [6.45, 7) is 3.50. The van der Waals surface area contributed by atoms with Gasteiger partial charge in [-0.2, -0.15) is 0 Å². The van der Waals surface area contributed by atoms with Crippen LogP contribution in [0.5, 0.6) is 0 Å². The zero-order chi connectivity index (χ0) is 15.0. The van der Waals surface area contributed by atoms with Crippen LogP contribution in [0, 0.1) is 0 Å². The summed E-state index contributed by atoms with van der Waals surface area (Å²) in [5, 5.41) is 13.9. The zero-order valence-electron chi connectivity index (χ0n) is 11.6. The van der Waals surface area contributed by atoms with E-state index < -0.39 is 5.91 Å². The van der Waals surface area contributed by atoms with Crippen molar-refractivity contribution in [3.8, 4) is 0 Å². The van der Waals surface area contributed by atoms with Crippen molar-refractivity contribution in [3.05, 3.63) is 17.0 Å². The van der Waals surface area contributed by atoms with E-state index in [2.05, 4.69) is 12.2 Å². The first-order valence-electron chi connectivity index (χ1n) is 6.58. The molecule has 0 spiro atoms. The topological polar surface area (TPSA) is 95.7 Å². The maximum Gasteiger partial charge on any atom is 0.251 e. The van der Waals surface area contributed by atoms with E-state index in [1.165, 1.54) is 11.3 Å². The number of unbranched alkanes of at least 4 members (excludes halogenated alkanes) is 1. The molecule has 0 radical (unpaired) electrons. The maximum atomic E-state index is 12.0. The summed E-state index contributed by atoms with van der Waals surface area (Å²) in [5.41, 5.74) is 5.55. The van der Waals surface area contributed by atoms with Crippen LogP contribution in [0.4, 0.5) is 5.00 Å². The molecule has 7 heteroatoms. The minimum absolute atomic E-state index is 0.0164. The number of anilines is 1. The molecular formula is C13H21N3O3S. The lowest BCUT2D eigenvalue weighted by atomic mass is 10.3. The minimum atomic E-state index is -0.556. The van der Waals surface area contributed by atoms with E-state index >= 15 is 0 Å². The van der Waals surface area contributed by atoms with E-state index in [1.54, 1.807) is 11.4 Å². The first-order chi connectivity index (χ1) is 9.58. The smallest absolute Gasteiger partial charge is 0.251 e. The number of aliphatic hydroxyl groups is 1. The molecule has 0 unspecified atom stereocenters. The molecule has 1 aromatic rings. The monoisotopic (exact) mass is 299 g/mol. The third-order valence-electron chi connectivity index (χ3n) is 2.79. The van der Waals surface area contributed by atoms with Crippen molar-refractivity contribution in [1.29, 1.82) is 0 Å². The molecule has 0 saturated heterocycles. The zero-order valence-corrected chi connectivity index (χ0v) is 12.4. The van der Waals surface area contributed by atoms with Gasteiger partial charge in [-0.15, -0.1) is 11.3 Å². The van der Waals surface area contributed by atoms with E-state index in [-0.39, 0.29) is 19.1 Å². The first kappa shape index (κ1) is 16.6. The molecule has 1 heterocycles. The van der Waals surface area contributed by atoms with E-state index in [1.807, 2.05) is 4.90 Å². The number of carbonyl (C=O) groups is 2. The molecule has 20 heavy (non-hydrogen) atoms. The molecule has 0 aliphatic heterocycles. The van der Waals surface area contributed by atoms with Gasteiger partial charge >= 0.3 is 0 Å². The average Bonchev–Trinajstić information content (AvgIpc) is 2.84. The molecule has 0 bridgehead atoms. The SMILES string of the molecule is CCCCN(CCO)CC(=O)Nc1sccc1C(N)=O. The van der Waals surface area contributed by atoms with Crippen molar-refractivity contribution >= 4 is 28.2 Å². The van der Waals surface area contributed by atoms with Crippen molar-refractivity contribution in [2.45, 2.75) is 19.8 Å². The van der Waals surface area contributed by atoms with Crippen molar-refractivity contribution in [1.82, 2.24) is 4.90 Å². The van der Waals surface area contributed by atoms with Crippen molar-refractivity contribution in [2.75, 3.05) is 31.6 Å². The summed E-state index contributed by atoms with van der Waals surface area (Å²) < 4.78 is 0. The molecule has 0 atom stereocenters. The van der Waals surface area contributed by atoms with Gasteiger partial charge < -0.3 is 16.2 Å². The lowest BCUT2D eigenvalue weighted by Gasteiger charge is -2.20. The van der Waals surface area contributed by atoms with Gasteiger partial charge in [0, 0.05) is 6.54 Å². The van der Waals surface area contributed by atoms with Gasteiger partial charge in [-0.3, -0.25) is 14.5 Å². The number of nitrogens with zero attached hydrogens (tertiary/aromatic N) is 1. The van der Waals surface area contributed by atoms with E-state index in [4.69, 9.17) is 10.8 Å². The van der Waals surface area contributed by atoms with Crippen LogP contribution in [0.1, 0.15) is 30.1 Å². The van der Waals surface area contributed by atoms with Crippen LogP contribution in [0.2, 0.25) is 0 Å². The van der Waals surface area contributed by atoms with E-state index in [0.29, 0.717) is 17.1 Å². The fourth-order valence-corrected chi connectivity index (χ4v) is 2.57. The van der Waals surface area contributed by atoms with E-state index in [0.717, 1.165) is 19.4 Å². The lowest BCUT2D eigenvalue weighted by Crippen LogP contribution is -2.36. The van der Waals surface area contributed by atoms with Crippen LogP contribution in [0.25, 0.3) is 0 Å². The number of rotatable bonds is 9. The van der Waals surface area contributed by atoms with Crippen LogP contribution < -0.4 is 11.1 Å². The number of primary amides is 1. The Morgan fingerprint density at radius 2 is 2.20 bits per heavy atom. The number of aliphatic hydroxyl groups excluding tert-OH is 1. The Morgan fingerprint density at radius 3 is 2.80 bits per heavy atom. The van der Waals surface area contributed by atoms with Crippen molar-refractivity contribution in [3.63, 3.8) is 0 Å². The Morgan fingerprint density at radius 1 is 1.45 bits per heavy atom. The van der Waals surface area contributed by atoms with E-state index in [9.17, 15) is 9.59 Å². The lowest BCUT2D eigenvalue weighted by molar-refractivity contribution is -0.117. The molecule has 1 rings (SSSR count). The third-order valence-corrected chi connectivity index (χ3v) is 3.62. The number of carbonyl (C=O) groups excluding carboxylic acids is 2. The highest BCUT2D eigenvalue weighted by Crippen LogP contribution is 2.22. The summed E-state index contributed by atoms with van der Waals surface area (Å²) in [4.78, 5) is 25.0. The second-order valence-electron chi connectivity index (χ2n) is 4.43. The molecule has 2 amide bonds. The maximum absolute atomic E-state index is 12.0. The molecule has 1 aromatic heterocycles. The fourth-order valence-electron chi connectivity index (χ4n) is 1.76. The second-order valence-corrected chi connectivity index (χ2v) is 5.35. The molecule has 0 fully saturated rings. The minimum Gasteiger partial charge on any atom is -0.395 e. The quantitative estimate of drug-likeness (QED) is 0.631. The third kappa shape index (κ3) is 5.28. The van der Waals surface area contributed by atoms with Crippen LogP contribution in [-0.2, 0) is 4.79 Å². The van der Waals surface area contributed by atoms with Gasteiger partial charge in [-0.25, -0.2) is 0 Å². The summed E-state index contributed by atoms with van der Waals surface area (Å²) in [7, 11) is 0. The van der Waals surface area contributed by atoms with Gasteiger partial charge in [0.1, 0.15) is 5.00 Å². The fraction of sp³-hybridized carbons (Fsp3) is 0.538. The number of nitrogens with two attached hydrogens (primary N) is 1. The number of hydrogen-bond acceptors (Lipinski definition) is 5. The molecule has 0 aromatic carbocycles. The Labute approximate surface area is 122 Å². The Kier molecular flexibility index (Phi) is 7.21. The normalized spacial score (nSPS) is 10.8. The second kappa shape index (κ2) is 8.68. The molecule has 6 nitrogen and oxygen atoms in total. The standard InChI is InChI=1S/C13H21N3O3S/c1-2-3-5-16(6-7-17)9-11(18)15-13-10(12(14)19)4-8-20-13/h4,8,17H,2-3,5-7,9H2,1H3,(H2,14,19)(H,15,18). The van der Waals surface area contributed by atoms with Gasteiger partial charge in [-0.05, 0) is 24.4 Å². The molecule has 0 aliphatic rings. The van der Waals surface area contributed by atoms with Crippen molar-refractivity contribution < 1.29 is 14.7 Å². The summed E-state index contributed by atoms with van der Waals surface area (Å²) in [5.74, 6) is -0.765. The van der Waals surface area contributed by atoms with Gasteiger partial charge in [0.15, 0.2) is 0 Å². The molecule has 4 N–H and O–H groups in total. The number of nitrogens with one attached hydrogen (secondary N) is 1. The Hall–Kier alpha value is -1.44.